The zero-order chi connectivity index (χ0) is 18.4. The van der Waals surface area contributed by atoms with Crippen LogP contribution in [-0.4, -0.2) is 40.5 Å². The van der Waals surface area contributed by atoms with E-state index in [1.807, 2.05) is 6.07 Å². The molecule has 2 aliphatic rings. The van der Waals surface area contributed by atoms with Crippen LogP contribution in [0.15, 0.2) is 42.6 Å². The van der Waals surface area contributed by atoms with Crippen LogP contribution in [0.2, 0.25) is 0 Å². The molecule has 1 saturated heterocycles. The SMILES string of the molecule is O=C1NCC2(CCNC2)c2[nH]c(-c3ccnc(-c4cccc(F)c4)n3)cc21. The van der Waals surface area contributed by atoms with E-state index in [1.165, 1.54) is 12.1 Å². The summed E-state index contributed by atoms with van der Waals surface area (Å²) in [5.41, 5.74) is 3.60. The van der Waals surface area contributed by atoms with E-state index in [0.717, 1.165) is 30.9 Å². The Kier molecular flexibility index (Phi) is 3.58. The molecule has 0 bridgehead atoms. The van der Waals surface area contributed by atoms with Crippen molar-refractivity contribution in [3.05, 3.63) is 59.7 Å². The van der Waals surface area contributed by atoms with Crippen molar-refractivity contribution < 1.29 is 9.18 Å². The van der Waals surface area contributed by atoms with Gasteiger partial charge in [-0.3, -0.25) is 4.79 Å². The number of benzene rings is 1. The van der Waals surface area contributed by atoms with Crippen LogP contribution in [0.3, 0.4) is 0 Å². The average Bonchev–Trinajstić information content (AvgIpc) is 3.34. The predicted octanol–water partition coefficient (Wildman–Crippen LogP) is 2.25. The van der Waals surface area contributed by atoms with Crippen LogP contribution in [-0.2, 0) is 5.41 Å². The number of halogens is 1. The minimum absolute atomic E-state index is 0.0653. The number of fused-ring (bicyclic) bond motifs is 2. The van der Waals surface area contributed by atoms with E-state index >= 15 is 0 Å². The van der Waals surface area contributed by atoms with Gasteiger partial charge in [-0.2, -0.15) is 0 Å². The van der Waals surface area contributed by atoms with Crippen molar-refractivity contribution in [2.24, 2.45) is 0 Å². The summed E-state index contributed by atoms with van der Waals surface area (Å²) in [6.45, 7) is 2.39. The summed E-state index contributed by atoms with van der Waals surface area (Å²) in [6, 6.07) is 9.84. The minimum atomic E-state index is -0.329. The van der Waals surface area contributed by atoms with Crippen LogP contribution in [0.4, 0.5) is 4.39 Å². The monoisotopic (exact) mass is 363 g/mol. The molecule has 2 aromatic heterocycles. The van der Waals surface area contributed by atoms with Gasteiger partial charge in [0.05, 0.1) is 17.0 Å². The number of carbonyl (C=O) groups is 1. The van der Waals surface area contributed by atoms with Gasteiger partial charge in [0.25, 0.3) is 5.91 Å². The largest absolute Gasteiger partial charge is 0.356 e. The smallest absolute Gasteiger partial charge is 0.253 e. The maximum atomic E-state index is 13.5. The van der Waals surface area contributed by atoms with Crippen LogP contribution in [0.25, 0.3) is 22.8 Å². The molecule has 136 valence electrons. The van der Waals surface area contributed by atoms with Gasteiger partial charge in [-0.05, 0) is 37.2 Å². The lowest BCUT2D eigenvalue weighted by molar-refractivity contribution is 0.0926. The summed E-state index contributed by atoms with van der Waals surface area (Å²) in [6.07, 6.45) is 2.62. The fraction of sp³-hybridized carbons (Fsp3) is 0.250. The first-order valence-electron chi connectivity index (χ1n) is 8.96. The molecule has 7 heteroatoms. The Balaban J connectivity index is 1.58. The summed E-state index contributed by atoms with van der Waals surface area (Å²) >= 11 is 0. The molecule has 4 heterocycles. The van der Waals surface area contributed by atoms with E-state index in [1.54, 1.807) is 24.4 Å². The molecular formula is C20H18FN5O. The van der Waals surface area contributed by atoms with Gasteiger partial charge in [0, 0.05) is 36.0 Å². The molecule has 1 amide bonds. The van der Waals surface area contributed by atoms with Crippen molar-refractivity contribution >= 4 is 5.91 Å². The average molecular weight is 363 g/mol. The summed E-state index contributed by atoms with van der Waals surface area (Å²) in [5.74, 6) is 0.0508. The molecule has 2 aliphatic heterocycles. The van der Waals surface area contributed by atoms with Crippen LogP contribution in [0.5, 0.6) is 0 Å². The van der Waals surface area contributed by atoms with Crippen LogP contribution < -0.4 is 10.6 Å². The second kappa shape index (κ2) is 5.99. The van der Waals surface area contributed by atoms with E-state index in [9.17, 15) is 9.18 Å². The van der Waals surface area contributed by atoms with Crippen molar-refractivity contribution in [1.29, 1.82) is 0 Å². The van der Waals surface area contributed by atoms with Crippen molar-refractivity contribution in [1.82, 2.24) is 25.6 Å². The molecule has 5 rings (SSSR count). The number of hydrogen-bond acceptors (Lipinski definition) is 4. The normalized spacial score (nSPS) is 21.3. The number of carbonyl (C=O) groups excluding carboxylic acids is 1. The molecule has 0 saturated carbocycles. The maximum Gasteiger partial charge on any atom is 0.253 e. The quantitative estimate of drug-likeness (QED) is 0.652. The number of nitrogens with zero attached hydrogens (tertiary/aromatic N) is 2. The Morgan fingerprint density at radius 1 is 1.15 bits per heavy atom. The van der Waals surface area contributed by atoms with Crippen LogP contribution >= 0.6 is 0 Å². The highest BCUT2D eigenvalue weighted by Crippen LogP contribution is 2.37. The van der Waals surface area contributed by atoms with Crippen molar-refractivity contribution in [2.45, 2.75) is 11.8 Å². The van der Waals surface area contributed by atoms with E-state index in [4.69, 9.17) is 0 Å². The summed E-state index contributed by atoms with van der Waals surface area (Å²) in [7, 11) is 0. The summed E-state index contributed by atoms with van der Waals surface area (Å²) in [4.78, 5) is 24.7. The standard InChI is InChI=1S/C20H18FN5O/c21-13-3-1-2-12(8-13)18-23-6-4-15(26-18)16-9-14-17(25-16)20(5-7-22-10-20)11-24-19(14)27/h1-4,6,8-9,22,25H,5,7,10-11H2,(H,24,27). The second-order valence-electron chi connectivity index (χ2n) is 7.14. The van der Waals surface area contributed by atoms with E-state index in [-0.39, 0.29) is 17.1 Å². The third kappa shape index (κ3) is 2.62. The lowest BCUT2D eigenvalue weighted by atomic mass is 9.79. The number of aromatic amines is 1. The van der Waals surface area contributed by atoms with Crippen LogP contribution in [0, 0.1) is 5.82 Å². The Morgan fingerprint density at radius 2 is 2.07 bits per heavy atom. The third-order valence-corrected chi connectivity index (χ3v) is 5.44. The molecule has 0 radical (unpaired) electrons. The Labute approximate surface area is 155 Å². The fourth-order valence-electron chi connectivity index (χ4n) is 4.01. The molecule has 3 N–H and O–H groups in total. The van der Waals surface area contributed by atoms with Gasteiger partial charge in [0.15, 0.2) is 5.82 Å². The predicted molar refractivity (Wildman–Crippen MR) is 98.7 cm³/mol. The van der Waals surface area contributed by atoms with E-state index in [0.29, 0.717) is 29.2 Å². The highest BCUT2D eigenvalue weighted by Gasteiger charge is 2.43. The molecular weight excluding hydrogens is 345 g/mol. The number of nitrogens with one attached hydrogen (secondary N) is 3. The maximum absolute atomic E-state index is 13.5. The van der Waals surface area contributed by atoms with Crippen molar-refractivity contribution in [2.75, 3.05) is 19.6 Å². The van der Waals surface area contributed by atoms with E-state index < -0.39 is 0 Å². The zero-order valence-corrected chi connectivity index (χ0v) is 14.6. The summed E-state index contributed by atoms with van der Waals surface area (Å²) in [5, 5.41) is 6.40. The zero-order valence-electron chi connectivity index (χ0n) is 14.6. The van der Waals surface area contributed by atoms with Crippen molar-refractivity contribution in [3.63, 3.8) is 0 Å². The number of rotatable bonds is 2. The molecule has 6 nitrogen and oxygen atoms in total. The molecule has 1 atom stereocenters. The molecule has 1 unspecified atom stereocenters. The molecule has 3 aromatic rings. The van der Waals surface area contributed by atoms with E-state index in [2.05, 4.69) is 25.6 Å². The Hall–Kier alpha value is -3.06. The Morgan fingerprint density at radius 3 is 2.89 bits per heavy atom. The lowest BCUT2D eigenvalue weighted by Gasteiger charge is -2.32. The second-order valence-corrected chi connectivity index (χ2v) is 7.14. The minimum Gasteiger partial charge on any atom is -0.356 e. The lowest BCUT2D eigenvalue weighted by Crippen LogP contribution is -2.48. The topological polar surface area (TPSA) is 82.7 Å². The molecule has 0 aliphatic carbocycles. The van der Waals surface area contributed by atoms with Gasteiger partial charge in [-0.25, -0.2) is 14.4 Å². The number of aromatic nitrogens is 3. The van der Waals surface area contributed by atoms with Crippen molar-refractivity contribution in [3.8, 4) is 22.8 Å². The highest BCUT2D eigenvalue weighted by molar-refractivity contribution is 5.98. The fourth-order valence-corrected chi connectivity index (χ4v) is 4.01. The molecule has 1 spiro atoms. The number of H-pyrrole nitrogens is 1. The highest BCUT2D eigenvalue weighted by atomic mass is 19.1. The Bertz CT molecular complexity index is 1040. The van der Waals surface area contributed by atoms with Gasteiger partial charge in [0.2, 0.25) is 0 Å². The van der Waals surface area contributed by atoms with Gasteiger partial charge in [-0.15, -0.1) is 0 Å². The molecule has 1 aromatic carbocycles. The number of hydrogen-bond donors (Lipinski definition) is 3. The summed E-state index contributed by atoms with van der Waals surface area (Å²) < 4.78 is 13.5. The van der Waals surface area contributed by atoms with Gasteiger partial charge >= 0.3 is 0 Å². The third-order valence-electron chi connectivity index (χ3n) is 5.44. The molecule has 27 heavy (non-hydrogen) atoms. The number of amides is 1. The van der Waals surface area contributed by atoms with Crippen LogP contribution in [0.1, 0.15) is 22.5 Å². The molecule has 1 fully saturated rings. The van der Waals surface area contributed by atoms with Gasteiger partial charge < -0.3 is 15.6 Å². The van der Waals surface area contributed by atoms with Gasteiger partial charge in [0.1, 0.15) is 5.82 Å². The first-order valence-corrected chi connectivity index (χ1v) is 8.96. The van der Waals surface area contributed by atoms with Gasteiger partial charge in [-0.1, -0.05) is 12.1 Å². The first kappa shape index (κ1) is 16.1. The first-order chi connectivity index (χ1) is 13.1.